The van der Waals surface area contributed by atoms with Crippen molar-refractivity contribution in [1.82, 2.24) is 9.97 Å². The normalized spacial score (nSPS) is 16.0. The van der Waals surface area contributed by atoms with Gasteiger partial charge < -0.3 is 10.1 Å². The minimum absolute atomic E-state index is 0.0169. The largest absolute Gasteiger partial charge is 0.467 e. The molecule has 1 aliphatic carbocycles. The lowest BCUT2D eigenvalue weighted by Gasteiger charge is -2.27. The van der Waals surface area contributed by atoms with Crippen LogP contribution < -0.4 is 10.1 Å². The van der Waals surface area contributed by atoms with E-state index in [2.05, 4.69) is 29.1 Å². The predicted molar refractivity (Wildman–Crippen MR) is 64.0 cm³/mol. The van der Waals surface area contributed by atoms with Gasteiger partial charge in [-0.05, 0) is 32.6 Å². The van der Waals surface area contributed by atoms with Crippen molar-refractivity contribution in [3.63, 3.8) is 0 Å². The van der Waals surface area contributed by atoms with Gasteiger partial charge in [-0.15, -0.1) is 0 Å². The maximum Gasteiger partial charge on any atom is 0.318 e. The average molecular weight is 242 g/mol. The van der Waals surface area contributed by atoms with Crippen LogP contribution in [0.4, 0.5) is 5.82 Å². The molecule has 0 unspecified atom stereocenters. The van der Waals surface area contributed by atoms with Gasteiger partial charge in [0.15, 0.2) is 5.82 Å². The maximum atomic E-state index is 6.04. The Morgan fingerprint density at radius 3 is 2.75 bits per heavy atom. The summed E-state index contributed by atoms with van der Waals surface area (Å²) in [5.74, 6) is 1.34. The second kappa shape index (κ2) is 4.09. The van der Waals surface area contributed by atoms with Gasteiger partial charge >= 0.3 is 6.01 Å². The molecule has 5 heteroatoms. The summed E-state index contributed by atoms with van der Waals surface area (Å²) in [6.07, 6.45) is 4.08. The summed E-state index contributed by atoms with van der Waals surface area (Å²) in [4.78, 5) is 8.15. The predicted octanol–water partition coefficient (Wildman–Crippen LogP) is 2.74. The van der Waals surface area contributed by atoms with Crippen LogP contribution in [0.2, 0.25) is 5.02 Å². The van der Waals surface area contributed by atoms with Crippen molar-refractivity contribution in [3.05, 3.63) is 11.2 Å². The molecule has 0 spiro atoms. The third-order valence-corrected chi connectivity index (χ3v) is 3.22. The van der Waals surface area contributed by atoms with Crippen LogP contribution in [0.25, 0.3) is 0 Å². The first kappa shape index (κ1) is 11.5. The van der Waals surface area contributed by atoms with Gasteiger partial charge in [0.1, 0.15) is 5.02 Å². The molecule has 1 fully saturated rings. The summed E-state index contributed by atoms with van der Waals surface area (Å²) in [6, 6.07) is 0.332. The van der Waals surface area contributed by atoms with Gasteiger partial charge in [-0.1, -0.05) is 11.6 Å². The van der Waals surface area contributed by atoms with Crippen molar-refractivity contribution in [2.45, 2.75) is 32.2 Å². The Kier molecular flexibility index (Phi) is 2.93. The first-order valence-electron chi connectivity index (χ1n) is 5.37. The lowest BCUT2D eigenvalue weighted by atomic mass is 9.99. The molecular formula is C11H16ClN3O. The maximum absolute atomic E-state index is 6.04. The molecule has 88 valence electrons. The zero-order valence-corrected chi connectivity index (χ0v) is 10.5. The second-order valence-electron chi connectivity index (χ2n) is 4.67. The van der Waals surface area contributed by atoms with E-state index in [0.717, 1.165) is 0 Å². The molecule has 0 atom stereocenters. The Morgan fingerprint density at radius 1 is 1.50 bits per heavy atom. The fourth-order valence-corrected chi connectivity index (χ4v) is 1.89. The fourth-order valence-electron chi connectivity index (χ4n) is 1.75. The number of nitrogens with one attached hydrogen (secondary N) is 1. The van der Waals surface area contributed by atoms with E-state index in [1.54, 1.807) is 13.3 Å². The van der Waals surface area contributed by atoms with Crippen molar-refractivity contribution in [2.24, 2.45) is 5.92 Å². The van der Waals surface area contributed by atoms with Crippen molar-refractivity contribution < 1.29 is 4.74 Å². The van der Waals surface area contributed by atoms with Crippen LogP contribution in [0, 0.1) is 5.92 Å². The zero-order chi connectivity index (χ0) is 11.8. The molecule has 0 saturated heterocycles. The molecule has 0 radical (unpaired) electrons. The van der Waals surface area contributed by atoms with Crippen LogP contribution in [-0.2, 0) is 0 Å². The number of ether oxygens (including phenoxy) is 1. The minimum Gasteiger partial charge on any atom is -0.467 e. The Labute approximate surface area is 100 Å². The van der Waals surface area contributed by atoms with Crippen LogP contribution in [-0.4, -0.2) is 22.6 Å². The van der Waals surface area contributed by atoms with Crippen LogP contribution >= 0.6 is 11.6 Å². The van der Waals surface area contributed by atoms with Crippen LogP contribution in [0.1, 0.15) is 26.7 Å². The lowest BCUT2D eigenvalue weighted by molar-refractivity contribution is 0.379. The highest BCUT2D eigenvalue weighted by atomic mass is 35.5. The average Bonchev–Trinajstić information content (AvgIpc) is 3.04. The van der Waals surface area contributed by atoms with Crippen LogP contribution in [0.3, 0.4) is 0 Å². The summed E-state index contributed by atoms with van der Waals surface area (Å²) in [6.45, 7) is 4.32. The number of hydrogen-bond donors (Lipinski definition) is 1. The molecule has 16 heavy (non-hydrogen) atoms. The molecule has 1 heterocycles. The molecule has 1 aromatic rings. The van der Waals surface area contributed by atoms with Crippen molar-refractivity contribution in [1.29, 1.82) is 0 Å². The van der Waals surface area contributed by atoms with Crippen LogP contribution in [0.15, 0.2) is 6.20 Å². The summed E-state index contributed by atoms with van der Waals surface area (Å²) < 4.78 is 4.98. The van der Waals surface area contributed by atoms with E-state index in [0.29, 0.717) is 22.8 Å². The highest BCUT2D eigenvalue weighted by molar-refractivity contribution is 6.32. The Morgan fingerprint density at radius 2 is 2.19 bits per heavy atom. The number of nitrogens with zero attached hydrogens (tertiary/aromatic N) is 2. The number of aromatic nitrogens is 2. The smallest absolute Gasteiger partial charge is 0.318 e. The van der Waals surface area contributed by atoms with Crippen LogP contribution in [0.5, 0.6) is 6.01 Å². The molecule has 1 saturated carbocycles. The van der Waals surface area contributed by atoms with E-state index < -0.39 is 0 Å². The van der Waals surface area contributed by atoms with Gasteiger partial charge in [-0.3, -0.25) is 0 Å². The molecule has 0 aromatic carbocycles. The number of rotatable bonds is 4. The zero-order valence-electron chi connectivity index (χ0n) is 9.75. The van der Waals surface area contributed by atoms with E-state index in [4.69, 9.17) is 16.3 Å². The summed E-state index contributed by atoms with van der Waals surface area (Å²) in [5, 5.41) is 3.88. The highest BCUT2D eigenvalue weighted by Gasteiger charge is 2.38. The fraction of sp³-hybridized carbons (Fsp3) is 0.636. The third-order valence-electron chi connectivity index (χ3n) is 2.94. The molecule has 0 amide bonds. The SMILES string of the molecule is COc1ncc(Cl)c(NC(C)(C)C2CC2)n1. The number of methoxy groups -OCH3 is 1. The Bertz CT molecular complexity index is 391. The lowest BCUT2D eigenvalue weighted by Crippen LogP contribution is -2.33. The molecule has 1 aliphatic rings. The molecule has 1 N–H and O–H groups in total. The quantitative estimate of drug-likeness (QED) is 0.881. The number of hydrogen-bond acceptors (Lipinski definition) is 4. The van der Waals surface area contributed by atoms with Gasteiger partial charge in [0.2, 0.25) is 0 Å². The summed E-state index contributed by atoms with van der Waals surface area (Å²) in [7, 11) is 1.54. The molecule has 2 rings (SSSR count). The molecule has 0 bridgehead atoms. The van der Waals surface area contributed by atoms with Crippen molar-refractivity contribution >= 4 is 17.4 Å². The van der Waals surface area contributed by atoms with E-state index in [-0.39, 0.29) is 5.54 Å². The van der Waals surface area contributed by atoms with E-state index >= 15 is 0 Å². The number of halogens is 1. The second-order valence-corrected chi connectivity index (χ2v) is 5.08. The van der Waals surface area contributed by atoms with E-state index in [1.807, 2.05) is 0 Å². The summed E-state index contributed by atoms with van der Waals surface area (Å²) in [5.41, 5.74) is 0.0169. The minimum atomic E-state index is 0.0169. The monoisotopic (exact) mass is 241 g/mol. The topological polar surface area (TPSA) is 47.0 Å². The van der Waals surface area contributed by atoms with Gasteiger partial charge in [-0.2, -0.15) is 4.98 Å². The number of anilines is 1. The standard InChI is InChI=1S/C11H16ClN3O/c1-11(2,7-4-5-7)15-9-8(12)6-13-10(14-9)16-3/h6-7H,4-5H2,1-3H3,(H,13,14,15). The first-order valence-corrected chi connectivity index (χ1v) is 5.75. The molecule has 0 aliphatic heterocycles. The molecular weight excluding hydrogens is 226 g/mol. The van der Waals surface area contributed by atoms with Gasteiger partial charge in [0, 0.05) is 5.54 Å². The van der Waals surface area contributed by atoms with Gasteiger partial charge in [0.25, 0.3) is 0 Å². The van der Waals surface area contributed by atoms with Crippen molar-refractivity contribution in [2.75, 3.05) is 12.4 Å². The highest BCUT2D eigenvalue weighted by Crippen LogP contribution is 2.41. The van der Waals surface area contributed by atoms with Crippen molar-refractivity contribution in [3.8, 4) is 6.01 Å². The molecule has 4 nitrogen and oxygen atoms in total. The summed E-state index contributed by atoms with van der Waals surface area (Å²) >= 11 is 6.04. The van der Waals surface area contributed by atoms with E-state index in [9.17, 15) is 0 Å². The third kappa shape index (κ3) is 2.38. The van der Waals surface area contributed by atoms with Gasteiger partial charge in [-0.25, -0.2) is 4.98 Å². The molecule has 1 aromatic heterocycles. The Balaban J connectivity index is 2.19. The van der Waals surface area contributed by atoms with Gasteiger partial charge in [0.05, 0.1) is 13.3 Å². The first-order chi connectivity index (χ1) is 7.53. The van der Waals surface area contributed by atoms with E-state index in [1.165, 1.54) is 12.8 Å². The Hall–Kier alpha value is -1.03.